The van der Waals surface area contributed by atoms with Crippen molar-refractivity contribution in [1.29, 1.82) is 0 Å². The van der Waals surface area contributed by atoms with E-state index in [1.165, 1.54) is 29.5 Å². The van der Waals surface area contributed by atoms with Gasteiger partial charge in [0.15, 0.2) is 0 Å². The van der Waals surface area contributed by atoms with Gasteiger partial charge in [-0.2, -0.15) is 0 Å². The summed E-state index contributed by atoms with van der Waals surface area (Å²) in [4.78, 5) is 0. The van der Waals surface area contributed by atoms with Crippen molar-refractivity contribution >= 4 is 0 Å². The highest BCUT2D eigenvalue weighted by Gasteiger charge is 2.15. The van der Waals surface area contributed by atoms with E-state index >= 15 is 0 Å². The van der Waals surface area contributed by atoms with E-state index in [1.807, 2.05) is 12.1 Å². The molecule has 0 bridgehead atoms. The lowest BCUT2D eigenvalue weighted by atomic mass is 9.85. The number of benzene rings is 1. The van der Waals surface area contributed by atoms with Crippen LogP contribution in [-0.2, 0) is 0 Å². The van der Waals surface area contributed by atoms with Crippen molar-refractivity contribution in [2.24, 2.45) is 0 Å². The normalized spacial score (nSPS) is 13.1. The lowest BCUT2D eigenvalue weighted by Gasteiger charge is -2.20. The minimum absolute atomic E-state index is 0.382. The van der Waals surface area contributed by atoms with Crippen LogP contribution in [-0.4, -0.2) is 5.11 Å². The molecule has 0 amide bonds. The number of rotatable bonds is 6. The highest BCUT2D eigenvalue weighted by atomic mass is 16.3. The van der Waals surface area contributed by atoms with Crippen LogP contribution < -0.4 is 0 Å². The van der Waals surface area contributed by atoms with Gasteiger partial charge in [0.1, 0.15) is 5.75 Å². The summed E-state index contributed by atoms with van der Waals surface area (Å²) in [6.07, 6.45) is 9.16. The van der Waals surface area contributed by atoms with Crippen molar-refractivity contribution in [2.75, 3.05) is 0 Å². The molecule has 0 fully saturated rings. The minimum Gasteiger partial charge on any atom is -0.508 e. The molecule has 100 valence electrons. The van der Waals surface area contributed by atoms with Gasteiger partial charge >= 0.3 is 0 Å². The summed E-state index contributed by atoms with van der Waals surface area (Å²) < 4.78 is 0. The molecule has 18 heavy (non-hydrogen) atoms. The van der Waals surface area contributed by atoms with Crippen molar-refractivity contribution in [1.82, 2.24) is 0 Å². The molecule has 1 heteroatoms. The monoisotopic (exact) mass is 246 g/mol. The molecule has 0 heterocycles. The summed E-state index contributed by atoms with van der Waals surface area (Å²) >= 11 is 0. The number of aromatic hydroxyl groups is 1. The molecule has 1 rings (SSSR count). The van der Waals surface area contributed by atoms with E-state index in [9.17, 15) is 5.11 Å². The van der Waals surface area contributed by atoms with Gasteiger partial charge in [-0.15, -0.1) is 0 Å². The molecule has 0 aliphatic rings. The van der Waals surface area contributed by atoms with Crippen LogP contribution in [0.2, 0.25) is 0 Å². The standard InChI is InChI=1S/C17H26O/c1-5-7-8-10-15(9-6-2)17-13(3)11-16(18)12-14(17)4/h7-8,11-12,15,18H,5-6,9-10H2,1-4H3/b8-7-. The first kappa shape index (κ1) is 14.8. The van der Waals surface area contributed by atoms with Gasteiger partial charge in [0.2, 0.25) is 0 Å². The molecule has 1 unspecified atom stereocenters. The number of hydrogen-bond donors (Lipinski definition) is 1. The van der Waals surface area contributed by atoms with E-state index in [-0.39, 0.29) is 0 Å². The zero-order chi connectivity index (χ0) is 13.5. The summed E-state index contributed by atoms with van der Waals surface area (Å²) in [6.45, 7) is 8.62. The lowest BCUT2D eigenvalue weighted by Crippen LogP contribution is -2.03. The third kappa shape index (κ3) is 3.90. The van der Waals surface area contributed by atoms with Crippen molar-refractivity contribution < 1.29 is 5.11 Å². The first-order chi connectivity index (χ1) is 8.60. The van der Waals surface area contributed by atoms with Crippen LogP contribution in [0.3, 0.4) is 0 Å². The molecule has 0 aromatic heterocycles. The molecule has 0 saturated heterocycles. The quantitative estimate of drug-likeness (QED) is 0.680. The molecule has 1 atom stereocenters. The lowest BCUT2D eigenvalue weighted by molar-refractivity contribution is 0.473. The van der Waals surface area contributed by atoms with Crippen LogP contribution in [0.25, 0.3) is 0 Å². The third-order valence-corrected chi connectivity index (χ3v) is 3.45. The van der Waals surface area contributed by atoms with E-state index in [4.69, 9.17) is 0 Å². The van der Waals surface area contributed by atoms with Gasteiger partial charge in [-0.3, -0.25) is 0 Å². The predicted octanol–water partition coefficient (Wildman–Crippen LogP) is 5.25. The molecule has 1 aromatic rings. The maximum absolute atomic E-state index is 9.63. The Morgan fingerprint density at radius 1 is 1.11 bits per heavy atom. The van der Waals surface area contributed by atoms with Crippen LogP contribution in [0.5, 0.6) is 5.75 Å². The molecule has 1 aromatic carbocycles. The average molecular weight is 246 g/mol. The molecular weight excluding hydrogens is 220 g/mol. The Kier molecular flexibility index (Phi) is 5.97. The topological polar surface area (TPSA) is 20.2 Å². The Morgan fingerprint density at radius 3 is 2.22 bits per heavy atom. The molecule has 0 aliphatic carbocycles. The van der Waals surface area contributed by atoms with Gasteiger partial charge in [-0.25, -0.2) is 0 Å². The summed E-state index contributed by atoms with van der Waals surface area (Å²) in [5, 5.41) is 9.63. The smallest absolute Gasteiger partial charge is 0.116 e. The van der Waals surface area contributed by atoms with Gasteiger partial charge in [0.25, 0.3) is 0 Å². The van der Waals surface area contributed by atoms with E-state index in [0.717, 1.165) is 12.8 Å². The molecular formula is C17H26O. The van der Waals surface area contributed by atoms with Crippen molar-refractivity contribution in [3.05, 3.63) is 41.0 Å². The highest BCUT2D eigenvalue weighted by molar-refractivity contribution is 5.42. The molecule has 0 aliphatic heterocycles. The summed E-state index contributed by atoms with van der Waals surface area (Å²) in [6, 6.07) is 3.77. The maximum Gasteiger partial charge on any atom is 0.116 e. The summed E-state index contributed by atoms with van der Waals surface area (Å²) in [5.74, 6) is 0.964. The Morgan fingerprint density at radius 2 is 1.72 bits per heavy atom. The van der Waals surface area contributed by atoms with Gasteiger partial charge in [-0.1, -0.05) is 32.4 Å². The number of hydrogen-bond acceptors (Lipinski definition) is 1. The summed E-state index contributed by atoms with van der Waals surface area (Å²) in [5.41, 5.74) is 3.86. The number of allylic oxidation sites excluding steroid dienone is 2. The van der Waals surface area contributed by atoms with Crippen LogP contribution in [0.1, 0.15) is 62.1 Å². The number of phenolic OH excluding ortho intramolecular Hbond substituents is 1. The summed E-state index contributed by atoms with van der Waals surface area (Å²) in [7, 11) is 0. The third-order valence-electron chi connectivity index (χ3n) is 3.45. The minimum atomic E-state index is 0.382. The van der Waals surface area contributed by atoms with E-state index in [1.54, 1.807) is 0 Å². The Hall–Kier alpha value is -1.24. The second-order valence-corrected chi connectivity index (χ2v) is 5.09. The Labute approximate surface area is 112 Å². The fraction of sp³-hybridized carbons (Fsp3) is 0.529. The average Bonchev–Trinajstić information content (AvgIpc) is 2.28. The van der Waals surface area contributed by atoms with Gasteiger partial charge in [-0.05, 0) is 67.9 Å². The van der Waals surface area contributed by atoms with E-state index in [0.29, 0.717) is 11.7 Å². The fourth-order valence-electron chi connectivity index (χ4n) is 2.75. The Bertz CT molecular complexity index is 381. The van der Waals surface area contributed by atoms with Gasteiger partial charge in [0, 0.05) is 0 Å². The van der Waals surface area contributed by atoms with Crippen LogP contribution in [0.4, 0.5) is 0 Å². The molecule has 1 N–H and O–H groups in total. The molecule has 0 radical (unpaired) electrons. The first-order valence-corrected chi connectivity index (χ1v) is 7.05. The zero-order valence-electron chi connectivity index (χ0n) is 12.2. The SMILES string of the molecule is CC/C=C\CC(CCC)c1c(C)cc(O)cc1C. The molecule has 0 saturated carbocycles. The van der Waals surface area contributed by atoms with Crippen LogP contribution in [0, 0.1) is 13.8 Å². The largest absolute Gasteiger partial charge is 0.508 e. The molecule has 1 nitrogen and oxygen atoms in total. The fourth-order valence-corrected chi connectivity index (χ4v) is 2.75. The van der Waals surface area contributed by atoms with Crippen molar-refractivity contribution in [3.8, 4) is 5.75 Å². The van der Waals surface area contributed by atoms with Gasteiger partial charge < -0.3 is 5.11 Å². The number of aryl methyl sites for hydroxylation is 2. The predicted molar refractivity (Wildman–Crippen MR) is 79.3 cm³/mol. The highest BCUT2D eigenvalue weighted by Crippen LogP contribution is 2.33. The number of phenols is 1. The van der Waals surface area contributed by atoms with Crippen LogP contribution >= 0.6 is 0 Å². The van der Waals surface area contributed by atoms with E-state index in [2.05, 4.69) is 39.8 Å². The maximum atomic E-state index is 9.63. The Balaban J connectivity index is 3.01. The second-order valence-electron chi connectivity index (χ2n) is 5.09. The van der Waals surface area contributed by atoms with Crippen LogP contribution in [0.15, 0.2) is 24.3 Å². The van der Waals surface area contributed by atoms with Crippen molar-refractivity contribution in [3.63, 3.8) is 0 Å². The second kappa shape index (κ2) is 7.25. The van der Waals surface area contributed by atoms with E-state index < -0.39 is 0 Å². The zero-order valence-corrected chi connectivity index (χ0v) is 12.2. The van der Waals surface area contributed by atoms with Crippen molar-refractivity contribution in [2.45, 2.75) is 59.3 Å². The first-order valence-electron chi connectivity index (χ1n) is 7.05. The van der Waals surface area contributed by atoms with Gasteiger partial charge in [0.05, 0.1) is 0 Å². The molecule has 0 spiro atoms.